The van der Waals surface area contributed by atoms with Gasteiger partial charge < -0.3 is 4.74 Å². The Morgan fingerprint density at radius 2 is 2.08 bits per heavy atom. The minimum atomic E-state index is -0.368. The van der Waals surface area contributed by atoms with Crippen LogP contribution in [0.3, 0.4) is 0 Å². The van der Waals surface area contributed by atoms with E-state index in [-0.39, 0.29) is 19.0 Å². The zero-order valence-corrected chi connectivity index (χ0v) is 7.06. The van der Waals surface area contributed by atoms with E-state index in [0.717, 1.165) is 5.56 Å². The SMILES string of the molecule is N#CCOC(=O)Cc1ccccc1. The zero-order chi connectivity index (χ0) is 9.52. The minimum Gasteiger partial charge on any atom is -0.450 e. The zero-order valence-electron chi connectivity index (χ0n) is 7.06. The van der Waals surface area contributed by atoms with Crippen LogP contribution < -0.4 is 0 Å². The number of carbonyl (C=O) groups is 1. The van der Waals surface area contributed by atoms with Crippen molar-refractivity contribution in [3.63, 3.8) is 0 Å². The lowest BCUT2D eigenvalue weighted by molar-refractivity contribution is -0.141. The van der Waals surface area contributed by atoms with Crippen molar-refractivity contribution in [2.24, 2.45) is 0 Å². The fraction of sp³-hybridized carbons (Fsp3) is 0.200. The summed E-state index contributed by atoms with van der Waals surface area (Å²) in [4.78, 5) is 11.0. The summed E-state index contributed by atoms with van der Waals surface area (Å²) in [5, 5.41) is 8.15. The maximum absolute atomic E-state index is 11.0. The molecule has 0 aliphatic rings. The minimum absolute atomic E-state index is 0.175. The lowest BCUT2D eigenvalue weighted by Gasteiger charge is -1.99. The number of nitriles is 1. The van der Waals surface area contributed by atoms with Crippen LogP contribution in [-0.4, -0.2) is 12.6 Å². The largest absolute Gasteiger partial charge is 0.450 e. The van der Waals surface area contributed by atoms with Crippen molar-refractivity contribution in [3.8, 4) is 6.07 Å². The molecule has 0 spiro atoms. The molecule has 0 aromatic heterocycles. The van der Waals surface area contributed by atoms with Crippen molar-refractivity contribution in [1.82, 2.24) is 0 Å². The second kappa shape index (κ2) is 4.94. The average molecular weight is 175 g/mol. The Balaban J connectivity index is 2.42. The molecule has 0 aliphatic heterocycles. The third-order valence-electron chi connectivity index (χ3n) is 1.49. The van der Waals surface area contributed by atoms with E-state index >= 15 is 0 Å². The maximum Gasteiger partial charge on any atom is 0.311 e. The van der Waals surface area contributed by atoms with Gasteiger partial charge in [-0.05, 0) is 5.56 Å². The van der Waals surface area contributed by atoms with Crippen LogP contribution in [0.15, 0.2) is 30.3 Å². The van der Waals surface area contributed by atoms with Gasteiger partial charge in [0.1, 0.15) is 6.07 Å². The molecule has 1 aromatic rings. The van der Waals surface area contributed by atoms with Gasteiger partial charge in [-0.3, -0.25) is 4.79 Å². The quantitative estimate of drug-likeness (QED) is 0.650. The van der Waals surface area contributed by atoms with Gasteiger partial charge in [-0.25, -0.2) is 0 Å². The van der Waals surface area contributed by atoms with E-state index in [1.807, 2.05) is 30.3 Å². The Morgan fingerprint density at radius 1 is 1.38 bits per heavy atom. The second-order valence-corrected chi connectivity index (χ2v) is 2.48. The summed E-state index contributed by atoms with van der Waals surface area (Å²) in [6.07, 6.45) is 0.225. The Morgan fingerprint density at radius 3 is 2.69 bits per heavy atom. The molecular weight excluding hydrogens is 166 g/mol. The Hall–Kier alpha value is -1.82. The van der Waals surface area contributed by atoms with Gasteiger partial charge in [-0.2, -0.15) is 5.26 Å². The highest BCUT2D eigenvalue weighted by atomic mass is 16.5. The topological polar surface area (TPSA) is 50.1 Å². The van der Waals surface area contributed by atoms with Crippen LogP contribution in [0.4, 0.5) is 0 Å². The predicted octanol–water partition coefficient (Wildman–Crippen LogP) is 1.30. The number of rotatable bonds is 3. The van der Waals surface area contributed by atoms with E-state index in [9.17, 15) is 4.79 Å². The van der Waals surface area contributed by atoms with Gasteiger partial charge in [0.25, 0.3) is 0 Å². The van der Waals surface area contributed by atoms with Crippen LogP contribution in [0.2, 0.25) is 0 Å². The Bertz CT molecular complexity index is 313. The van der Waals surface area contributed by atoms with Gasteiger partial charge in [0.05, 0.1) is 6.42 Å². The highest BCUT2D eigenvalue weighted by molar-refractivity contribution is 5.72. The highest BCUT2D eigenvalue weighted by Crippen LogP contribution is 2.00. The molecule has 0 unspecified atom stereocenters. The van der Waals surface area contributed by atoms with Gasteiger partial charge in [0.2, 0.25) is 0 Å². The molecule has 0 heterocycles. The van der Waals surface area contributed by atoms with Crippen LogP contribution in [0.1, 0.15) is 5.56 Å². The number of hydrogen-bond acceptors (Lipinski definition) is 3. The number of carbonyl (C=O) groups excluding carboxylic acids is 1. The lowest BCUT2D eigenvalue weighted by atomic mass is 10.2. The summed E-state index contributed by atoms with van der Waals surface area (Å²) in [6.45, 7) is -0.175. The highest BCUT2D eigenvalue weighted by Gasteiger charge is 2.02. The third-order valence-corrected chi connectivity index (χ3v) is 1.49. The molecule has 1 aromatic carbocycles. The summed E-state index contributed by atoms with van der Waals surface area (Å²) in [5.41, 5.74) is 0.894. The van der Waals surface area contributed by atoms with Crippen molar-refractivity contribution in [1.29, 1.82) is 5.26 Å². The first kappa shape index (κ1) is 9.27. The summed E-state index contributed by atoms with van der Waals surface area (Å²) in [7, 11) is 0. The number of benzene rings is 1. The van der Waals surface area contributed by atoms with E-state index in [1.54, 1.807) is 6.07 Å². The standard InChI is InChI=1S/C10H9NO2/c11-6-7-13-10(12)8-9-4-2-1-3-5-9/h1-5H,7-8H2. The van der Waals surface area contributed by atoms with Crippen molar-refractivity contribution >= 4 is 5.97 Å². The van der Waals surface area contributed by atoms with E-state index in [2.05, 4.69) is 4.74 Å². The molecule has 0 saturated carbocycles. The molecule has 3 heteroatoms. The monoisotopic (exact) mass is 175 g/mol. The number of esters is 1. The Labute approximate surface area is 76.6 Å². The molecule has 0 atom stereocenters. The fourth-order valence-corrected chi connectivity index (χ4v) is 0.926. The van der Waals surface area contributed by atoms with Crippen molar-refractivity contribution in [2.45, 2.75) is 6.42 Å². The molecule has 0 radical (unpaired) electrons. The molecule has 0 saturated heterocycles. The van der Waals surface area contributed by atoms with Crippen molar-refractivity contribution < 1.29 is 9.53 Å². The molecule has 0 aliphatic carbocycles. The van der Waals surface area contributed by atoms with Crippen molar-refractivity contribution in [3.05, 3.63) is 35.9 Å². The predicted molar refractivity (Wildman–Crippen MR) is 46.7 cm³/mol. The first-order valence-electron chi connectivity index (χ1n) is 3.89. The van der Waals surface area contributed by atoms with Crippen LogP contribution >= 0.6 is 0 Å². The average Bonchev–Trinajstić information content (AvgIpc) is 2.16. The molecule has 3 nitrogen and oxygen atoms in total. The van der Waals surface area contributed by atoms with Gasteiger partial charge in [-0.15, -0.1) is 0 Å². The van der Waals surface area contributed by atoms with Gasteiger partial charge in [-0.1, -0.05) is 30.3 Å². The van der Waals surface area contributed by atoms with Gasteiger partial charge in [0, 0.05) is 0 Å². The van der Waals surface area contributed by atoms with Crippen LogP contribution in [0, 0.1) is 11.3 Å². The summed E-state index contributed by atoms with van der Waals surface area (Å²) >= 11 is 0. The number of ether oxygens (including phenoxy) is 1. The van der Waals surface area contributed by atoms with Gasteiger partial charge in [0.15, 0.2) is 6.61 Å². The molecule has 0 bridgehead atoms. The first-order chi connectivity index (χ1) is 6.33. The van der Waals surface area contributed by atoms with E-state index in [1.165, 1.54) is 0 Å². The second-order valence-electron chi connectivity index (χ2n) is 2.48. The summed E-state index contributed by atoms with van der Waals surface area (Å²) < 4.78 is 4.60. The number of nitrogens with zero attached hydrogens (tertiary/aromatic N) is 1. The first-order valence-corrected chi connectivity index (χ1v) is 3.89. The normalized spacial score (nSPS) is 8.85. The molecule has 0 fully saturated rings. The van der Waals surface area contributed by atoms with E-state index in [4.69, 9.17) is 5.26 Å². The molecular formula is C10H9NO2. The molecule has 13 heavy (non-hydrogen) atoms. The molecule has 66 valence electrons. The van der Waals surface area contributed by atoms with Crippen molar-refractivity contribution in [2.75, 3.05) is 6.61 Å². The Kier molecular flexibility index (Phi) is 3.52. The van der Waals surface area contributed by atoms with E-state index < -0.39 is 0 Å². The van der Waals surface area contributed by atoms with Crippen LogP contribution in [-0.2, 0) is 16.0 Å². The summed E-state index contributed by atoms with van der Waals surface area (Å²) in [5.74, 6) is -0.368. The molecule has 0 N–H and O–H groups in total. The van der Waals surface area contributed by atoms with E-state index in [0.29, 0.717) is 0 Å². The third kappa shape index (κ3) is 3.39. The van der Waals surface area contributed by atoms with Crippen LogP contribution in [0.25, 0.3) is 0 Å². The number of hydrogen-bond donors (Lipinski definition) is 0. The smallest absolute Gasteiger partial charge is 0.311 e. The fourth-order valence-electron chi connectivity index (χ4n) is 0.926. The van der Waals surface area contributed by atoms with Crippen LogP contribution in [0.5, 0.6) is 0 Å². The van der Waals surface area contributed by atoms with Gasteiger partial charge >= 0.3 is 5.97 Å². The maximum atomic E-state index is 11.0. The lowest BCUT2D eigenvalue weighted by Crippen LogP contribution is -2.07. The molecule has 1 rings (SSSR count). The summed E-state index contributed by atoms with van der Waals surface area (Å²) in [6, 6.07) is 11.0. The molecule has 0 amide bonds.